The van der Waals surface area contributed by atoms with Gasteiger partial charge in [-0.15, -0.1) is 0 Å². The summed E-state index contributed by atoms with van der Waals surface area (Å²) in [6.07, 6.45) is 1.64. The summed E-state index contributed by atoms with van der Waals surface area (Å²) in [6, 6.07) is 7.66. The Kier molecular flexibility index (Phi) is 8.86. The number of hydrogen-bond acceptors (Lipinski definition) is 7. The summed E-state index contributed by atoms with van der Waals surface area (Å²) in [5, 5.41) is 14.3. The van der Waals surface area contributed by atoms with E-state index in [-0.39, 0.29) is 29.6 Å². The highest BCUT2D eigenvalue weighted by Gasteiger charge is 2.35. The van der Waals surface area contributed by atoms with Gasteiger partial charge in [0.05, 0.1) is 31.4 Å². The quantitative estimate of drug-likeness (QED) is 0.373. The predicted molar refractivity (Wildman–Crippen MR) is 130 cm³/mol. The summed E-state index contributed by atoms with van der Waals surface area (Å²) in [6.45, 7) is 5.47. The minimum Gasteiger partial charge on any atom is -0.496 e. The average Bonchev–Trinajstić information content (AvgIpc) is 2.79. The van der Waals surface area contributed by atoms with Gasteiger partial charge in [0.2, 0.25) is 15.9 Å². The van der Waals surface area contributed by atoms with Gasteiger partial charge in [0.15, 0.2) is 0 Å². The maximum atomic E-state index is 13.4. The molecule has 11 heteroatoms. The number of carbonyl (C=O) groups excluding carboxylic acids is 1. The molecular weight excluding hydrogens is 462 g/mol. The maximum absolute atomic E-state index is 13.4. The minimum absolute atomic E-state index is 0.0745. The van der Waals surface area contributed by atoms with Crippen LogP contribution in [0.1, 0.15) is 43.9 Å². The van der Waals surface area contributed by atoms with Crippen LogP contribution in [0.25, 0.3) is 0 Å². The number of aryl methyl sites for hydroxylation is 1. The molecule has 0 aliphatic rings. The van der Waals surface area contributed by atoms with Crippen LogP contribution >= 0.6 is 0 Å². The number of nitrogens with zero attached hydrogens (tertiary/aromatic N) is 2. The molecule has 1 N–H and O–H groups in total. The number of benzene rings is 2. The van der Waals surface area contributed by atoms with Crippen molar-refractivity contribution < 1.29 is 27.6 Å². The van der Waals surface area contributed by atoms with Crippen molar-refractivity contribution in [2.45, 2.75) is 45.7 Å². The minimum atomic E-state index is -4.02. The normalized spacial score (nSPS) is 13.0. The molecule has 0 fully saturated rings. The van der Waals surface area contributed by atoms with E-state index in [4.69, 9.17) is 9.47 Å². The fourth-order valence-corrected chi connectivity index (χ4v) is 5.01. The number of nitro benzene ring substituents is 1. The van der Waals surface area contributed by atoms with Crippen molar-refractivity contribution >= 4 is 27.3 Å². The molecule has 0 radical (unpaired) electrons. The predicted octanol–water partition coefficient (Wildman–Crippen LogP) is 3.73. The van der Waals surface area contributed by atoms with Gasteiger partial charge in [-0.05, 0) is 43.0 Å². The van der Waals surface area contributed by atoms with E-state index < -0.39 is 26.9 Å². The topological polar surface area (TPSA) is 128 Å². The first-order chi connectivity index (χ1) is 16.0. The zero-order valence-electron chi connectivity index (χ0n) is 20.2. The molecule has 0 saturated carbocycles. The summed E-state index contributed by atoms with van der Waals surface area (Å²) in [7, 11) is -1.12. The number of hydrogen-bond donors (Lipinski definition) is 1. The maximum Gasteiger partial charge on any atom is 0.271 e. The van der Waals surface area contributed by atoms with Crippen LogP contribution in [0.5, 0.6) is 11.5 Å². The van der Waals surface area contributed by atoms with Crippen molar-refractivity contribution in [1.82, 2.24) is 5.32 Å². The van der Waals surface area contributed by atoms with E-state index in [1.54, 1.807) is 14.0 Å². The Balaban J connectivity index is 2.50. The van der Waals surface area contributed by atoms with E-state index >= 15 is 0 Å². The molecule has 0 spiro atoms. The molecule has 0 heterocycles. The molecule has 186 valence electrons. The van der Waals surface area contributed by atoms with Gasteiger partial charge in [0.25, 0.3) is 5.69 Å². The third-order valence-corrected chi connectivity index (χ3v) is 6.65. The van der Waals surface area contributed by atoms with Gasteiger partial charge in [-0.1, -0.05) is 26.0 Å². The van der Waals surface area contributed by atoms with Crippen LogP contribution < -0.4 is 19.1 Å². The van der Waals surface area contributed by atoms with Crippen molar-refractivity contribution in [3.05, 3.63) is 57.6 Å². The summed E-state index contributed by atoms with van der Waals surface area (Å²) < 4.78 is 37.1. The van der Waals surface area contributed by atoms with Crippen LogP contribution in [0, 0.1) is 17.0 Å². The number of carbonyl (C=O) groups is 1. The van der Waals surface area contributed by atoms with Gasteiger partial charge in [0, 0.05) is 12.1 Å². The monoisotopic (exact) mass is 493 g/mol. The third-order valence-electron chi connectivity index (χ3n) is 5.49. The Morgan fingerprint density at radius 3 is 2.18 bits per heavy atom. The lowest BCUT2D eigenvalue weighted by Gasteiger charge is -2.32. The molecule has 1 amide bonds. The highest BCUT2D eigenvalue weighted by Crippen LogP contribution is 2.36. The van der Waals surface area contributed by atoms with Crippen molar-refractivity contribution in [3.63, 3.8) is 0 Å². The molecular formula is C23H31N3O7S. The third kappa shape index (κ3) is 5.96. The highest BCUT2D eigenvalue weighted by molar-refractivity contribution is 7.92. The van der Waals surface area contributed by atoms with Crippen molar-refractivity contribution in [2.24, 2.45) is 0 Å². The molecule has 0 aliphatic heterocycles. The van der Waals surface area contributed by atoms with Crippen LogP contribution in [0.15, 0.2) is 36.4 Å². The Morgan fingerprint density at radius 1 is 1.09 bits per heavy atom. The van der Waals surface area contributed by atoms with E-state index in [0.29, 0.717) is 6.42 Å². The molecule has 2 aromatic rings. The SMILES string of the molecule is CC[C@@H](NC(=O)[C@H](CC)N(c1cc([N+](=O)[O-])ccc1OC)S(C)(=O)=O)c1ccc(OC)c(C)c1. The number of methoxy groups -OCH3 is 2. The van der Waals surface area contributed by atoms with E-state index in [0.717, 1.165) is 33.5 Å². The Hall–Kier alpha value is -3.34. The molecule has 2 aromatic carbocycles. The van der Waals surface area contributed by atoms with Crippen molar-refractivity contribution in [2.75, 3.05) is 24.8 Å². The number of nitro groups is 1. The second kappa shape index (κ2) is 11.2. The van der Waals surface area contributed by atoms with Gasteiger partial charge in [0.1, 0.15) is 23.2 Å². The van der Waals surface area contributed by atoms with Crippen molar-refractivity contribution in [1.29, 1.82) is 0 Å². The van der Waals surface area contributed by atoms with Crippen LogP contribution in [0.4, 0.5) is 11.4 Å². The molecule has 0 bridgehead atoms. The molecule has 2 atom stereocenters. The summed E-state index contributed by atoms with van der Waals surface area (Å²) in [5.74, 6) is 0.291. The smallest absolute Gasteiger partial charge is 0.271 e. The molecule has 10 nitrogen and oxygen atoms in total. The number of non-ortho nitro benzene ring substituents is 1. The average molecular weight is 494 g/mol. The van der Waals surface area contributed by atoms with Crippen LogP contribution in [0.2, 0.25) is 0 Å². The fraction of sp³-hybridized carbons (Fsp3) is 0.435. The molecule has 2 rings (SSSR count). The summed E-state index contributed by atoms with van der Waals surface area (Å²) >= 11 is 0. The van der Waals surface area contributed by atoms with Gasteiger partial charge >= 0.3 is 0 Å². The zero-order chi connectivity index (χ0) is 25.6. The molecule has 0 aliphatic carbocycles. The first kappa shape index (κ1) is 26.9. The zero-order valence-corrected chi connectivity index (χ0v) is 21.0. The van der Waals surface area contributed by atoms with Crippen LogP contribution in [-0.4, -0.2) is 45.8 Å². The molecule has 0 unspecified atom stereocenters. The van der Waals surface area contributed by atoms with Crippen LogP contribution in [0.3, 0.4) is 0 Å². The first-order valence-corrected chi connectivity index (χ1v) is 12.6. The second-order valence-corrected chi connectivity index (χ2v) is 9.65. The lowest BCUT2D eigenvalue weighted by Crippen LogP contribution is -2.50. The number of rotatable bonds is 11. The number of ether oxygens (including phenoxy) is 2. The van der Waals surface area contributed by atoms with E-state index in [2.05, 4.69) is 5.32 Å². The van der Waals surface area contributed by atoms with E-state index in [1.807, 2.05) is 32.0 Å². The Labute approximate surface area is 200 Å². The Morgan fingerprint density at radius 2 is 1.71 bits per heavy atom. The van der Waals surface area contributed by atoms with Gasteiger partial charge in [-0.2, -0.15) is 0 Å². The number of anilines is 1. The Bertz CT molecular complexity index is 1150. The van der Waals surface area contributed by atoms with Gasteiger partial charge < -0.3 is 14.8 Å². The fourth-order valence-electron chi connectivity index (χ4n) is 3.81. The van der Waals surface area contributed by atoms with Crippen molar-refractivity contribution in [3.8, 4) is 11.5 Å². The van der Waals surface area contributed by atoms with Gasteiger partial charge in [-0.3, -0.25) is 19.2 Å². The number of sulfonamides is 1. The van der Waals surface area contributed by atoms with E-state index in [1.165, 1.54) is 19.2 Å². The standard InChI is InChI=1S/C23H31N3O7S/c1-7-18(16-9-11-21(32-4)15(3)13-16)24-23(27)19(8-2)25(34(6,30)31)20-14-17(26(28)29)10-12-22(20)33-5/h9-14,18-19H,7-8H2,1-6H3,(H,24,27)/t18-,19+/m1/s1. The molecule has 0 aromatic heterocycles. The first-order valence-electron chi connectivity index (χ1n) is 10.7. The number of amides is 1. The lowest BCUT2D eigenvalue weighted by atomic mass is 10.0. The largest absolute Gasteiger partial charge is 0.496 e. The highest BCUT2D eigenvalue weighted by atomic mass is 32.2. The summed E-state index contributed by atoms with van der Waals surface area (Å²) in [4.78, 5) is 24.1. The molecule has 34 heavy (non-hydrogen) atoms. The van der Waals surface area contributed by atoms with E-state index in [9.17, 15) is 23.3 Å². The number of nitrogens with one attached hydrogen (secondary N) is 1. The second-order valence-electron chi connectivity index (χ2n) is 7.79. The summed E-state index contributed by atoms with van der Waals surface area (Å²) in [5.41, 5.74) is 1.36. The van der Waals surface area contributed by atoms with Crippen LogP contribution in [-0.2, 0) is 14.8 Å². The lowest BCUT2D eigenvalue weighted by molar-refractivity contribution is -0.384. The molecule has 0 saturated heterocycles. The van der Waals surface area contributed by atoms with Gasteiger partial charge in [-0.25, -0.2) is 8.42 Å².